The Kier molecular flexibility index (Phi) is 4.27. The third kappa shape index (κ3) is 3.88. The highest BCUT2D eigenvalue weighted by Crippen LogP contribution is 2.32. The number of aromatic amines is 1. The molecule has 0 atom stereocenters. The molecule has 120 valence electrons. The molecule has 2 heterocycles. The molecule has 0 spiro atoms. The average molecular weight is 315 g/mol. The second kappa shape index (κ2) is 6.51. The number of rotatable bonds is 5. The van der Waals surface area contributed by atoms with Gasteiger partial charge >= 0.3 is 0 Å². The second-order valence-electron chi connectivity index (χ2n) is 5.30. The van der Waals surface area contributed by atoms with E-state index in [1.54, 1.807) is 13.0 Å². The van der Waals surface area contributed by atoms with E-state index < -0.39 is 0 Å². The summed E-state index contributed by atoms with van der Waals surface area (Å²) in [6, 6.07) is 6.88. The number of amides is 1. The number of H-pyrrole nitrogens is 1. The zero-order chi connectivity index (χ0) is 16.2. The van der Waals surface area contributed by atoms with Crippen molar-refractivity contribution in [3.8, 4) is 11.5 Å². The zero-order valence-electron chi connectivity index (χ0n) is 12.7. The number of fused-ring (bicyclic) bond motifs is 1. The molecule has 23 heavy (non-hydrogen) atoms. The minimum absolute atomic E-state index is 0.0983. The van der Waals surface area contributed by atoms with E-state index in [0.29, 0.717) is 36.0 Å². The Bertz CT molecular complexity index is 785. The fourth-order valence-electron chi connectivity index (χ4n) is 2.38. The van der Waals surface area contributed by atoms with Crippen LogP contribution in [0, 0.1) is 6.92 Å². The Morgan fingerprint density at radius 3 is 2.96 bits per heavy atom. The molecular weight excluding hydrogens is 298 g/mol. The number of aryl methyl sites for hydroxylation is 1. The van der Waals surface area contributed by atoms with Gasteiger partial charge in [-0.15, -0.1) is 0 Å². The fourth-order valence-corrected chi connectivity index (χ4v) is 2.38. The molecule has 0 fully saturated rings. The number of nitrogens with zero attached hydrogens (tertiary/aromatic N) is 1. The molecule has 1 aliphatic rings. The van der Waals surface area contributed by atoms with Crippen molar-refractivity contribution in [3.63, 3.8) is 0 Å². The lowest BCUT2D eigenvalue weighted by Crippen LogP contribution is -2.28. The first-order valence-electron chi connectivity index (χ1n) is 7.32. The Hall–Kier alpha value is -2.83. The number of hydrogen-bond acceptors (Lipinski definition) is 5. The third-order valence-corrected chi connectivity index (χ3v) is 3.40. The van der Waals surface area contributed by atoms with E-state index in [4.69, 9.17) is 9.47 Å². The highest BCUT2D eigenvalue weighted by molar-refractivity contribution is 5.78. The van der Waals surface area contributed by atoms with Crippen LogP contribution in [0.25, 0.3) is 0 Å². The predicted molar refractivity (Wildman–Crippen MR) is 82.6 cm³/mol. The van der Waals surface area contributed by atoms with Crippen molar-refractivity contribution in [3.05, 3.63) is 51.7 Å². The molecule has 0 saturated heterocycles. The lowest BCUT2D eigenvalue weighted by atomic mass is 10.1. The van der Waals surface area contributed by atoms with Gasteiger partial charge in [-0.05, 0) is 24.6 Å². The van der Waals surface area contributed by atoms with E-state index in [2.05, 4.69) is 15.3 Å². The molecule has 0 aliphatic carbocycles. The van der Waals surface area contributed by atoms with Gasteiger partial charge in [0.15, 0.2) is 11.5 Å². The van der Waals surface area contributed by atoms with Crippen LogP contribution in [-0.4, -0.2) is 29.2 Å². The lowest BCUT2D eigenvalue weighted by molar-refractivity contribution is -0.120. The number of nitrogens with one attached hydrogen (secondary N) is 2. The van der Waals surface area contributed by atoms with Crippen LogP contribution < -0.4 is 20.3 Å². The van der Waals surface area contributed by atoms with Gasteiger partial charge in [0.25, 0.3) is 5.56 Å². The number of benzene rings is 1. The van der Waals surface area contributed by atoms with Crippen LogP contribution in [0.3, 0.4) is 0 Å². The van der Waals surface area contributed by atoms with Crippen LogP contribution in [0.5, 0.6) is 11.5 Å². The van der Waals surface area contributed by atoms with Crippen LogP contribution >= 0.6 is 0 Å². The van der Waals surface area contributed by atoms with E-state index in [1.165, 1.54) is 6.07 Å². The van der Waals surface area contributed by atoms with E-state index in [9.17, 15) is 9.59 Å². The minimum atomic E-state index is -0.181. The van der Waals surface area contributed by atoms with Crippen molar-refractivity contribution in [2.75, 3.05) is 13.3 Å². The van der Waals surface area contributed by atoms with Crippen LogP contribution in [-0.2, 0) is 17.6 Å². The van der Waals surface area contributed by atoms with Gasteiger partial charge in [0.05, 0.1) is 6.42 Å². The molecule has 2 aromatic rings. The van der Waals surface area contributed by atoms with Gasteiger partial charge in [0.1, 0.15) is 5.82 Å². The number of carbonyl (C=O) groups excluding carboxylic acids is 1. The minimum Gasteiger partial charge on any atom is -0.454 e. The average Bonchev–Trinajstić information content (AvgIpc) is 2.93. The van der Waals surface area contributed by atoms with Crippen molar-refractivity contribution in [2.45, 2.75) is 19.8 Å². The van der Waals surface area contributed by atoms with E-state index in [0.717, 1.165) is 5.56 Å². The molecule has 7 heteroatoms. The fraction of sp³-hybridized carbons (Fsp3) is 0.312. The van der Waals surface area contributed by atoms with Gasteiger partial charge in [-0.3, -0.25) is 9.59 Å². The van der Waals surface area contributed by atoms with Crippen molar-refractivity contribution in [1.82, 2.24) is 15.3 Å². The smallest absolute Gasteiger partial charge is 0.251 e. The summed E-state index contributed by atoms with van der Waals surface area (Å²) in [4.78, 5) is 30.2. The number of carbonyl (C=O) groups is 1. The maximum atomic E-state index is 12.0. The highest BCUT2D eigenvalue weighted by Gasteiger charge is 2.14. The van der Waals surface area contributed by atoms with Crippen molar-refractivity contribution < 1.29 is 14.3 Å². The third-order valence-electron chi connectivity index (χ3n) is 3.40. The van der Waals surface area contributed by atoms with Crippen molar-refractivity contribution in [2.24, 2.45) is 0 Å². The summed E-state index contributed by atoms with van der Waals surface area (Å²) in [6.07, 6.45) is 0.734. The van der Waals surface area contributed by atoms with Gasteiger partial charge in [-0.2, -0.15) is 0 Å². The summed E-state index contributed by atoms with van der Waals surface area (Å²) in [5.74, 6) is 1.83. The number of aromatic nitrogens is 2. The maximum Gasteiger partial charge on any atom is 0.251 e. The highest BCUT2D eigenvalue weighted by atomic mass is 16.7. The van der Waals surface area contributed by atoms with Gasteiger partial charge < -0.3 is 19.8 Å². The first-order chi connectivity index (χ1) is 11.1. The molecule has 7 nitrogen and oxygen atoms in total. The second-order valence-corrected chi connectivity index (χ2v) is 5.30. The van der Waals surface area contributed by atoms with Crippen LogP contribution in [0.2, 0.25) is 0 Å². The molecular formula is C16H17N3O4. The largest absolute Gasteiger partial charge is 0.454 e. The Labute approximate surface area is 132 Å². The first-order valence-corrected chi connectivity index (χ1v) is 7.32. The molecule has 1 amide bonds. The van der Waals surface area contributed by atoms with Gasteiger partial charge in [0.2, 0.25) is 12.7 Å². The van der Waals surface area contributed by atoms with Gasteiger partial charge in [-0.25, -0.2) is 4.98 Å². The molecule has 0 bridgehead atoms. The Balaban J connectivity index is 1.50. The summed E-state index contributed by atoms with van der Waals surface area (Å²) >= 11 is 0. The van der Waals surface area contributed by atoms with E-state index >= 15 is 0 Å². The number of hydrogen-bond donors (Lipinski definition) is 2. The monoisotopic (exact) mass is 315 g/mol. The predicted octanol–water partition coefficient (Wildman–Crippen LogP) is 0.708. The lowest BCUT2D eigenvalue weighted by Gasteiger charge is -2.06. The Morgan fingerprint density at radius 1 is 1.30 bits per heavy atom. The molecule has 1 aromatic heterocycles. The summed E-state index contributed by atoms with van der Waals surface area (Å²) in [5, 5.41) is 2.81. The first kappa shape index (κ1) is 15.1. The molecule has 0 saturated carbocycles. The molecule has 1 aliphatic heterocycles. The van der Waals surface area contributed by atoms with E-state index in [1.807, 2.05) is 12.1 Å². The standard InChI is InChI=1S/C16H17N3O4/c1-10-6-16(21)19-14(18-10)4-5-17-15(20)8-11-2-3-12-13(7-11)23-9-22-12/h2-3,6-7H,4-5,8-9H2,1H3,(H,17,20)(H,18,19,21). The summed E-state index contributed by atoms with van der Waals surface area (Å²) in [7, 11) is 0. The topological polar surface area (TPSA) is 93.3 Å². The molecule has 0 unspecified atom stereocenters. The quantitative estimate of drug-likeness (QED) is 0.847. The van der Waals surface area contributed by atoms with E-state index in [-0.39, 0.29) is 24.7 Å². The summed E-state index contributed by atoms with van der Waals surface area (Å²) < 4.78 is 10.5. The normalized spacial score (nSPS) is 12.2. The molecule has 1 aromatic carbocycles. The molecule has 0 radical (unpaired) electrons. The maximum absolute atomic E-state index is 12.0. The van der Waals surface area contributed by atoms with Crippen LogP contribution in [0.1, 0.15) is 17.1 Å². The summed E-state index contributed by atoms with van der Waals surface area (Å²) in [5.41, 5.74) is 1.34. The number of ether oxygens (including phenoxy) is 2. The van der Waals surface area contributed by atoms with Crippen LogP contribution in [0.4, 0.5) is 0 Å². The molecule has 2 N–H and O–H groups in total. The van der Waals surface area contributed by atoms with Crippen LogP contribution in [0.15, 0.2) is 29.1 Å². The van der Waals surface area contributed by atoms with Gasteiger partial charge in [0, 0.05) is 24.7 Å². The SMILES string of the molecule is Cc1cc(=O)[nH]c(CCNC(=O)Cc2ccc3c(c2)OCO3)n1. The molecule has 3 rings (SSSR count). The Morgan fingerprint density at radius 2 is 2.13 bits per heavy atom. The van der Waals surface area contributed by atoms with Crippen molar-refractivity contribution >= 4 is 5.91 Å². The summed E-state index contributed by atoms with van der Waals surface area (Å²) in [6.45, 7) is 2.39. The van der Waals surface area contributed by atoms with Crippen molar-refractivity contribution in [1.29, 1.82) is 0 Å². The van der Waals surface area contributed by atoms with Gasteiger partial charge in [-0.1, -0.05) is 6.07 Å². The zero-order valence-corrected chi connectivity index (χ0v) is 12.7.